The molecule has 0 fully saturated rings. The number of carbonyl (C=O) groups excluding carboxylic acids is 4. The predicted molar refractivity (Wildman–Crippen MR) is 331 cm³/mol. The molecule has 3 N–H and O–H groups in total. The van der Waals surface area contributed by atoms with Crippen molar-refractivity contribution in [3.05, 3.63) is 0 Å². The van der Waals surface area contributed by atoms with Crippen LogP contribution in [0.4, 0.5) is 0 Å². The molecule has 19 heteroatoms. The molecule has 17 nitrogen and oxygen atoms in total. The van der Waals surface area contributed by atoms with E-state index in [-0.39, 0.29) is 25.7 Å². The maximum atomic E-state index is 13.0. The summed E-state index contributed by atoms with van der Waals surface area (Å²) in [5, 5.41) is 10.5. The fraction of sp³-hybridized carbons (Fsp3) is 0.938. The van der Waals surface area contributed by atoms with Crippen LogP contribution in [0.2, 0.25) is 0 Å². The third-order valence-corrected chi connectivity index (χ3v) is 16.8. The van der Waals surface area contributed by atoms with Crippen LogP contribution in [0.5, 0.6) is 0 Å². The maximum absolute atomic E-state index is 13.0. The van der Waals surface area contributed by atoms with Gasteiger partial charge < -0.3 is 33.8 Å². The van der Waals surface area contributed by atoms with Gasteiger partial charge in [0.25, 0.3) is 0 Å². The summed E-state index contributed by atoms with van der Waals surface area (Å²) in [6, 6.07) is 0. The van der Waals surface area contributed by atoms with Crippen molar-refractivity contribution < 1.29 is 80.2 Å². The molecule has 3 unspecified atom stereocenters. The van der Waals surface area contributed by atoms with E-state index in [0.29, 0.717) is 37.5 Å². The summed E-state index contributed by atoms with van der Waals surface area (Å²) in [6.07, 6.45) is 33.7. The van der Waals surface area contributed by atoms with Crippen molar-refractivity contribution in [1.29, 1.82) is 0 Å². The number of rotatable bonds is 61. The third-order valence-electron chi connectivity index (χ3n) is 14.9. The largest absolute Gasteiger partial charge is 0.472 e. The normalized spacial score (nSPS) is 14.8. The number of aliphatic hydroxyl groups excluding tert-OH is 1. The fourth-order valence-corrected chi connectivity index (χ4v) is 11.0. The molecule has 0 bridgehead atoms. The van der Waals surface area contributed by atoms with E-state index in [9.17, 15) is 43.2 Å². The second kappa shape index (κ2) is 54.2. The monoisotopic (exact) mass is 1230 g/mol. The van der Waals surface area contributed by atoms with Gasteiger partial charge in [0, 0.05) is 25.7 Å². The molecule has 0 spiro atoms. The molecule has 0 aromatic heterocycles. The number of esters is 4. The molecule has 0 rings (SSSR count). The van der Waals surface area contributed by atoms with Crippen molar-refractivity contribution in [1.82, 2.24) is 0 Å². The number of ether oxygens (including phenoxy) is 4. The topological polar surface area (TPSA) is 237 Å². The highest BCUT2D eigenvalue weighted by Gasteiger charge is 2.30. The van der Waals surface area contributed by atoms with Crippen molar-refractivity contribution in [3.8, 4) is 0 Å². The number of phosphoric acid groups is 2. The molecular weight excluding hydrogens is 1100 g/mol. The van der Waals surface area contributed by atoms with Crippen LogP contribution in [0.15, 0.2) is 0 Å². The lowest BCUT2D eigenvalue weighted by Crippen LogP contribution is -2.30. The Morgan fingerprint density at radius 1 is 0.337 bits per heavy atom. The average molecular weight is 1230 g/mol. The Kier molecular flexibility index (Phi) is 53.0. The molecule has 0 aliphatic heterocycles. The Bertz CT molecular complexity index is 1660. The number of carbonyl (C=O) groups is 4. The average Bonchev–Trinajstić information content (AvgIpc) is 3.44. The Morgan fingerprint density at radius 3 is 0.855 bits per heavy atom. The summed E-state index contributed by atoms with van der Waals surface area (Å²) < 4.78 is 68.0. The van der Waals surface area contributed by atoms with E-state index in [1.54, 1.807) is 0 Å². The number of unbranched alkanes of at least 4 members (excludes halogenated alkanes) is 26. The number of phosphoric ester groups is 2. The fourth-order valence-electron chi connectivity index (χ4n) is 9.40. The minimum absolute atomic E-state index is 0.103. The maximum Gasteiger partial charge on any atom is 0.472 e. The molecular formula is C64H124O17P2. The summed E-state index contributed by atoms with van der Waals surface area (Å²) >= 11 is 0. The first-order valence-corrected chi connectivity index (χ1v) is 36.2. The zero-order valence-electron chi connectivity index (χ0n) is 53.8. The van der Waals surface area contributed by atoms with E-state index in [1.165, 1.54) is 96.3 Å². The van der Waals surface area contributed by atoms with Crippen LogP contribution in [0.25, 0.3) is 0 Å². The van der Waals surface area contributed by atoms with Gasteiger partial charge in [-0.3, -0.25) is 37.3 Å². The Morgan fingerprint density at radius 2 is 0.578 bits per heavy atom. The first kappa shape index (κ1) is 81.1. The van der Waals surface area contributed by atoms with Gasteiger partial charge in [-0.15, -0.1) is 0 Å². The molecule has 0 saturated carbocycles. The molecule has 0 aromatic rings. The summed E-state index contributed by atoms with van der Waals surface area (Å²) in [7, 11) is -9.89. The molecule has 6 atom stereocenters. The molecule has 0 radical (unpaired) electrons. The molecule has 0 aliphatic rings. The first-order chi connectivity index (χ1) is 39.6. The van der Waals surface area contributed by atoms with Crippen molar-refractivity contribution in [2.24, 2.45) is 23.7 Å². The Labute approximate surface area is 505 Å². The lowest BCUT2D eigenvalue weighted by atomic mass is 9.99. The van der Waals surface area contributed by atoms with E-state index in [2.05, 4.69) is 55.4 Å². The molecule has 0 amide bonds. The standard InChI is InChI=1S/C64H124O17P2/c1-9-57(8)43-35-27-17-14-15-19-31-39-47-64(69)81-60(51-75-62(67)45-37-29-23-21-26-34-42-56(6)7)53-79-83(72,73)77-49-58(65)48-76-82(70,71)78-52-59(50-74-61(66)44-36-28-22-20-25-33-41-55(4)5)80-63(68)46-38-30-18-13-11-10-12-16-24-32-40-54(2)3/h54-60,65H,9-53H2,1-8H3,(H,70,71)(H,72,73)/t57?,58-,59-,60-/m1/s1. The smallest absolute Gasteiger partial charge is 0.462 e. The van der Waals surface area contributed by atoms with Crippen molar-refractivity contribution in [2.75, 3.05) is 39.6 Å². The minimum Gasteiger partial charge on any atom is -0.462 e. The van der Waals surface area contributed by atoms with Crippen LogP contribution in [0, 0.1) is 23.7 Å². The highest BCUT2D eigenvalue weighted by Crippen LogP contribution is 2.45. The number of hydrogen-bond donors (Lipinski definition) is 3. The molecule has 0 aliphatic carbocycles. The molecule has 0 aromatic carbocycles. The van der Waals surface area contributed by atoms with Crippen molar-refractivity contribution in [3.63, 3.8) is 0 Å². The van der Waals surface area contributed by atoms with Gasteiger partial charge >= 0.3 is 39.5 Å². The van der Waals surface area contributed by atoms with E-state index >= 15 is 0 Å². The summed E-state index contributed by atoms with van der Waals surface area (Å²) in [5.74, 6) is 0.738. The highest BCUT2D eigenvalue weighted by molar-refractivity contribution is 7.47. The van der Waals surface area contributed by atoms with E-state index in [4.69, 9.17) is 37.0 Å². The van der Waals surface area contributed by atoms with Crippen LogP contribution in [-0.4, -0.2) is 96.7 Å². The minimum atomic E-state index is -4.94. The lowest BCUT2D eigenvalue weighted by molar-refractivity contribution is -0.161. The Hall–Kier alpha value is -1.94. The predicted octanol–water partition coefficient (Wildman–Crippen LogP) is 17.4. The molecule has 83 heavy (non-hydrogen) atoms. The molecule has 492 valence electrons. The van der Waals surface area contributed by atoms with Gasteiger partial charge in [-0.05, 0) is 49.4 Å². The third kappa shape index (κ3) is 57.6. The molecule has 0 saturated heterocycles. The van der Waals surface area contributed by atoms with Gasteiger partial charge in [0.05, 0.1) is 26.4 Å². The summed E-state index contributed by atoms with van der Waals surface area (Å²) in [6.45, 7) is 13.9. The van der Waals surface area contributed by atoms with Gasteiger partial charge in [0.1, 0.15) is 19.3 Å². The van der Waals surface area contributed by atoms with Crippen LogP contribution >= 0.6 is 15.6 Å². The highest BCUT2D eigenvalue weighted by atomic mass is 31.2. The van der Waals surface area contributed by atoms with Crippen LogP contribution in [0.1, 0.15) is 306 Å². The van der Waals surface area contributed by atoms with Gasteiger partial charge in [0.15, 0.2) is 12.2 Å². The SMILES string of the molecule is CCC(C)CCCCCCCCCCC(=O)O[C@H](COC(=O)CCCCCCCCC(C)C)COP(=O)(O)OC[C@H](O)COP(=O)(O)OC[C@@H](COC(=O)CCCCCCCCC(C)C)OC(=O)CCCCCCCCCCCCC(C)C. The first-order valence-electron chi connectivity index (χ1n) is 33.2. The zero-order chi connectivity index (χ0) is 61.8. The number of aliphatic hydroxyl groups is 1. The molecule has 0 heterocycles. The van der Waals surface area contributed by atoms with Gasteiger partial charge in [-0.1, -0.05) is 254 Å². The van der Waals surface area contributed by atoms with E-state index in [0.717, 1.165) is 115 Å². The van der Waals surface area contributed by atoms with E-state index in [1.807, 2.05) is 0 Å². The van der Waals surface area contributed by atoms with E-state index < -0.39 is 97.5 Å². The quantitative estimate of drug-likeness (QED) is 0.0222. The summed E-state index contributed by atoms with van der Waals surface area (Å²) in [4.78, 5) is 72.2. The second-order valence-electron chi connectivity index (χ2n) is 24.8. The second-order valence-corrected chi connectivity index (χ2v) is 27.7. The van der Waals surface area contributed by atoms with Gasteiger partial charge in [-0.2, -0.15) is 0 Å². The van der Waals surface area contributed by atoms with Crippen molar-refractivity contribution >= 4 is 39.5 Å². The Balaban J connectivity index is 5.25. The summed E-state index contributed by atoms with van der Waals surface area (Å²) in [5.41, 5.74) is 0. The van der Waals surface area contributed by atoms with Crippen LogP contribution in [0.3, 0.4) is 0 Å². The van der Waals surface area contributed by atoms with Gasteiger partial charge in [0.2, 0.25) is 0 Å². The zero-order valence-corrected chi connectivity index (χ0v) is 55.6. The number of hydrogen-bond acceptors (Lipinski definition) is 15. The van der Waals surface area contributed by atoms with Crippen LogP contribution in [-0.2, 0) is 65.4 Å². The van der Waals surface area contributed by atoms with Gasteiger partial charge in [-0.25, -0.2) is 9.13 Å². The lowest BCUT2D eigenvalue weighted by Gasteiger charge is -2.21. The van der Waals surface area contributed by atoms with Crippen molar-refractivity contribution in [2.45, 2.75) is 324 Å². The van der Waals surface area contributed by atoms with Crippen LogP contribution < -0.4 is 0 Å².